The van der Waals surface area contributed by atoms with Crippen molar-refractivity contribution in [3.05, 3.63) is 0 Å². The summed E-state index contributed by atoms with van der Waals surface area (Å²) < 4.78 is 25.8. The van der Waals surface area contributed by atoms with E-state index < -0.39 is 10.0 Å². The summed E-state index contributed by atoms with van der Waals surface area (Å²) >= 11 is 3.56. The maximum Gasteiger partial charge on any atom is 0.217 e. The Kier molecular flexibility index (Phi) is 2.48. The lowest BCUT2D eigenvalue weighted by Gasteiger charge is -2.32. The molecule has 2 rings (SSSR count). The third-order valence-electron chi connectivity index (χ3n) is 3.25. The van der Waals surface area contributed by atoms with Crippen LogP contribution in [0.1, 0.15) is 33.1 Å². The predicted octanol–water partition coefficient (Wildman–Crippen LogP) is 1.73. The number of alkyl halides is 1. The minimum atomic E-state index is -3.00. The van der Waals surface area contributed by atoms with E-state index >= 15 is 0 Å². The van der Waals surface area contributed by atoms with Crippen LogP contribution >= 0.6 is 15.9 Å². The van der Waals surface area contributed by atoms with Crippen LogP contribution in [0, 0.1) is 0 Å². The van der Waals surface area contributed by atoms with Gasteiger partial charge in [0.2, 0.25) is 10.0 Å². The maximum absolute atomic E-state index is 12.1. The van der Waals surface area contributed by atoms with Gasteiger partial charge in [0.15, 0.2) is 0 Å². The van der Waals surface area contributed by atoms with E-state index in [2.05, 4.69) is 15.9 Å². The van der Waals surface area contributed by atoms with Crippen molar-refractivity contribution >= 4 is 26.0 Å². The van der Waals surface area contributed by atoms with Gasteiger partial charge in [-0.1, -0.05) is 15.9 Å². The topological polar surface area (TPSA) is 37.4 Å². The number of hydrogen-bond donors (Lipinski definition) is 0. The molecule has 1 aliphatic heterocycles. The van der Waals surface area contributed by atoms with E-state index in [9.17, 15) is 8.42 Å². The molecule has 2 fully saturated rings. The molecule has 1 saturated heterocycles. The summed E-state index contributed by atoms with van der Waals surface area (Å²) in [6.07, 6.45) is 2.61. The van der Waals surface area contributed by atoms with Crippen molar-refractivity contribution in [1.29, 1.82) is 0 Å². The molecule has 1 saturated carbocycles. The van der Waals surface area contributed by atoms with Gasteiger partial charge in [0.25, 0.3) is 0 Å². The molecule has 0 N–H and O–H groups in total. The third kappa shape index (κ3) is 1.53. The van der Waals surface area contributed by atoms with Crippen LogP contribution in [0.4, 0.5) is 0 Å². The van der Waals surface area contributed by atoms with Gasteiger partial charge < -0.3 is 0 Å². The van der Waals surface area contributed by atoms with Crippen LogP contribution in [0.15, 0.2) is 0 Å². The molecule has 1 atom stereocenters. The van der Waals surface area contributed by atoms with Crippen LogP contribution in [-0.4, -0.2) is 34.9 Å². The lowest BCUT2D eigenvalue weighted by atomic mass is 10.0. The van der Waals surface area contributed by atoms with Gasteiger partial charge in [0.05, 0.1) is 5.25 Å². The van der Waals surface area contributed by atoms with Crippen molar-refractivity contribution < 1.29 is 8.42 Å². The fourth-order valence-electron chi connectivity index (χ4n) is 2.03. The Morgan fingerprint density at radius 2 is 1.86 bits per heavy atom. The second-order valence-corrected chi connectivity index (χ2v) is 7.97. The zero-order valence-corrected chi connectivity index (χ0v) is 10.9. The van der Waals surface area contributed by atoms with Crippen molar-refractivity contribution in [2.24, 2.45) is 0 Å². The summed E-state index contributed by atoms with van der Waals surface area (Å²) in [6, 6.07) is 0. The summed E-state index contributed by atoms with van der Waals surface area (Å²) in [5.74, 6) is 0. The molecule has 14 heavy (non-hydrogen) atoms. The Morgan fingerprint density at radius 1 is 1.29 bits per heavy atom. The van der Waals surface area contributed by atoms with Crippen LogP contribution in [-0.2, 0) is 10.0 Å². The number of halogens is 1. The molecule has 82 valence electrons. The summed E-state index contributed by atoms with van der Waals surface area (Å²) in [4.78, 5) is 0.281. The first-order valence-corrected chi connectivity index (χ1v) is 7.44. The molecule has 0 aromatic rings. The van der Waals surface area contributed by atoms with E-state index in [0.717, 1.165) is 19.3 Å². The monoisotopic (exact) mass is 281 g/mol. The SMILES string of the molecule is CC1(C)C(Br)CCN1S(=O)(=O)C1CC1. The van der Waals surface area contributed by atoms with Gasteiger partial charge in [-0.2, -0.15) is 4.31 Å². The molecule has 0 aromatic heterocycles. The Morgan fingerprint density at radius 3 is 2.21 bits per heavy atom. The Bertz CT molecular complexity index is 335. The number of nitrogens with zero attached hydrogens (tertiary/aromatic N) is 1. The van der Waals surface area contributed by atoms with Gasteiger partial charge in [0.1, 0.15) is 0 Å². The highest BCUT2D eigenvalue weighted by Gasteiger charge is 2.50. The van der Waals surface area contributed by atoms with E-state index in [4.69, 9.17) is 0 Å². The van der Waals surface area contributed by atoms with E-state index in [1.807, 2.05) is 13.8 Å². The van der Waals surface area contributed by atoms with Gasteiger partial charge in [-0.05, 0) is 33.1 Å². The largest absolute Gasteiger partial charge is 0.217 e. The van der Waals surface area contributed by atoms with Crippen molar-refractivity contribution in [1.82, 2.24) is 4.31 Å². The lowest BCUT2D eigenvalue weighted by Crippen LogP contribution is -2.47. The molecule has 0 bridgehead atoms. The molecule has 0 aromatic carbocycles. The number of sulfonamides is 1. The molecule has 0 spiro atoms. The van der Waals surface area contributed by atoms with Gasteiger partial charge in [-0.25, -0.2) is 8.42 Å². The number of hydrogen-bond acceptors (Lipinski definition) is 2. The van der Waals surface area contributed by atoms with Crippen molar-refractivity contribution in [2.45, 2.75) is 48.7 Å². The average Bonchev–Trinajstić information content (AvgIpc) is 2.81. The lowest BCUT2D eigenvalue weighted by molar-refractivity contribution is 0.298. The minimum absolute atomic E-state index is 0.0837. The van der Waals surface area contributed by atoms with Crippen LogP contribution in [0.5, 0.6) is 0 Å². The molecule has 3 nitrogen and oxygen atoms in total. The third-order valence-corrected chi connectivity index (χ3v) is 7.41. The minimum Gasteiger partial charge on any atom is -0.212 e. The highest BCUT2D eigenvalue weighted by Crippen LogP contribution is 2.41. The molecule has 0 amide bonds. The van der Waals surface area contributed by atoms with Gasteiger partial charge in [-0.15, -0.1) is 0 Å². The van der Waals surface area contributed by atoms with Gasteiger partial charge in [0, 0.05) is 16.9 Å². The highest BCUT2D eigenvalue weighted by atomic mass is 79.9. The van der Waals surface area contributed by atoms with E-state index in [1.165, 1.54) is 0 Å². The molecule has 5 heteroatoms. The van der Waals surface area contributed by atoms with Crippen molar-refractivity contribution in [3.8, 4) is 0 Å². The first-order valence-electron chi connectivity index (χ1n) is 5.02. The average molecular weight is 282 g/mol. The summed E-state index contributed by atoms with van der Waals surface area (Å²) in [5.41, 5.74) is -0.262. The zero-order valence-electron chi connectivity index (χ0n) is 8.53. The first kappa shape index (κ1) is 10.9. The maximum atomic E-state index is 12.1. The van der Waals surface area contributed by atoms with Crippen LogP contribution in [0.3, 0.4) is 0 Å². The molecule has 1 heterocycles. The summed E-state index contributed by atoms with van der Waals surface area (Å²) in [5, 5.41) is -0.0837. The van der Waals surface area contributed by atoms with Crippen LogP contribution < -0.4 is 0 Å². The zero-order chi connectivity index (χ0) is 10.6. The molecular weight excluding hydrogens is 266 g/mol. The Labute approximate surface area is 94.0 Å². The summed E-state index contributed by atoms with van der Waals surface area (Å²) in [7, 11) is -3.00. The standard InChI is InChI=1S/C9H16BrNO2S/c1-9(2)8(10)5-6-11(9)14(12,13)7-3-4-7/h7-8H,3-6H2,1-2H3. The Hall–Kier alpha value is 0.390. The quantitative estimate of drug-likeness (QED) is 0.723. The van der Waals surface area contributed by atoms with E-state index in [-0.39, 0.29) is 15.6 Å². The predicted molar refractivity (Wildman–Crippen MR) is 60.1 cm³/mol. The molecule has 0 radical (unpaired) electrons. The van der Waals surface area contributed by atoms with Gasteiger partial charge >= 0.3 is 0 Å². The molecular formula is C9H16BrNO2S. The molecule has 1 aliphatic carbocycles. The first-order chi connectivity index (χ1) is 6.37. The second-order valence-electron chi connectivity index (χ2n) is 4.73. The molecule has 1 unspecified atom stereocenters. The second kappa shape index (κ2) is 3.19. The fourth-order valence-corrected chi connectivity index (χ4v) is 4.85. The van der Waals surface area contributed by atoms with Crippen LogP contribution in [0.25, 0.3) is 0 Å². The van der Waals surface area contributed by atoms with Crippen LogP contribution in [0.2, 0.25) is 0 Å². The van der Waals surface area contributed by atoms with Crippen molar-refractivity contribution in [2.75, 3.05) is 6.54 Å². The van der Waals surface area contributed by atoms with Crippen molar-refractivity contribution in [3.63, 3.8) is 0 Å². The summed E-state index contributed by atoms with van der Waals surface area (Å²) in [6.45, 7) is 4.67. The van der Waals surface area contributed by atoms with E-state index in [0.29, 0.717) is 6.54 Å². The number of rotatable bonds is 2. The smallest absolute Gasteiger partial charge is 0.212 e. The Balaban J connectivity index is 2.27. The van der Waals surface area contributed by atoms with Gasteiger partial charge in [-0.3, -0.25) is 0 Å². The highest BCUT2D eigenvalue weighted by molar-refractivity contribution is 9.09. The fraction of sp³-hybridized carbons (Fsp3) is 1.00. The normalized spacial score (nSPS) is 33.5. The van der Waals surface area contributed by atoms with E-state index in [1.54, 1.807) is 4.31 Å². The molecule has 2 aliphatic rings.